The fourth-order valence-electron chi connectivity index (χ4n) is 4.21. The number of nitrogens with one attached hydrogen (secondary N) is 1. The average Bonchev–Trinajstić information content (AvgIpc) is 3.02. The van der Waals surface area contributed by atoms with Gasteiger partial charge in [0.15, 0.2) is 11.9 Å². The lowest BCUT2D eigenvalue weighted by atomic mass is 9.83. The van der Waals surface area contributed by atoms with Crippen molar-refractivity contribution in [3.05, 3.63) is 35.3 Å². The maximum absolute atomic E-state index is 12.0. The lowest BCUT2D eigenvalue weighted by Crippen LogP contribution is -2.43. The number of hydrogen-bond acceptors (Lipinski definition) is 4. The van der Waals surface area contributed by atoms with E-state index in [1.807, 2.05) is 32.9 Å². The molecule has 1 aromatic heterocycles. The van der Waals surface area contributed by atoms with Gasteiger partial charge in [-0.3, -0.25) is 4.90 Å². The van der Waals surface area contributed by atoms with Crippen LogP contribution < -0.4 is 10.0 Å². The van der Waals surface area contributed by atoms with E-state index in [4.69, 9.17) is 4.74 Å². The Labute approximate surface area is 156 Å². The molecule has 1 unspecified atom stereocenters. The van der Waals surface area contributed by atoms with Crippen molar-refractivity contribution in [2.24, 2.45) is 0 Å². The predicted molar refractivity (Wildman–Crippen MR) is 99.7 cm³/mol. The SMILES string of the molecule is CC(C)(C)OC(=O)NC1CCN(C2CCC(c3cccc[n+]3[O-])CC2)C1. The summed E-state index contributed by atoms with van der Waals surface area (Å²) in [6.45, 7) is 7.54. The van der Waals surface area contributed by atoms with Gasteiger partial charge in [0.2, 0.25) is 0 Å². The number of hydrogen-bond donors (Lipinski definition) is 1. The number of alkyl carbamates (subject to hydrolysis) is 1. The van der Waals surface area contributed by atoms with E-state index in [0.29, 0.717) is 12.0 Å². The van der Waals surface area contributed by atoms with Crippen molar-refractivity contribution in [1.29, 1.82) is 0 Å². The molecule has 1 saturated carbocycles. The summed E-state index contributed by atoms with van der Waals surface area (Å²) in [5, 5.41) is 15.0. The Bertz CT molecular complexity index is 621. The van der Waals surface area contributed by atoms with Gasteiger partial charge in [-0.1, -0.05) is 6.07 Å². The average molecular weight is 361 g/mol. The molecule has 1 saturated heterocycles. The van der Waals surface area contributed by atoms with Gasteiger partial charge >= 0.3 is 6.09 Å². The zero-order chi connectivity index (χ0) is 18.7. The smallest absolute Gasteiger partial charge is 0.407 e. The summed E-state index contributed by atoms with van der Waals surface area (Å²) in [5.41, 5.74) is 0.438. The third-order valence-electron chi connectivity index (χ3n) is 5.43. The van der Waals surface area contributed by atoms with Crippen LogP contribution >= 0.6 is 0 Å². The summed E-state index contributed by atoms with van der Waals surface area (Å²) in [6.07, 6.45) is 6.57. The summed E-state index contributed by atoms with van der Waals surface area (Å²) < 4.78 is 6.37. The molecular weight excluding hydrogens is 330 g/mol. The van der Waals surface area contributed by atoms with Gasteiger partial charge in [-0.15, -0.1) is 0 Å². The molecule has 26 heavy (non-hydrogen) atoms. The minimum absolute atomic E-state index is 0.167. The van der Waals surface area contributed by atoms with Crippen LogP contribution in [0.5, 0.6) is 0 Å². The van der Waals surface area contributed by atoms with E-state index < -0.39 is 5.60 Å². The van der Waals surface area contributed by atoms with Gasteiger partial charge in [0, 0.05) is 43.2 Å². The maximum atomic E-state index is 12.0. The summed E-state index contributed by atoms with van der Waals surface area (Å²) in [5.74, 6) is 0.364. The van der Waals surface area contributed by atoms with Gasteiger partial charge in [-0.05, 0) is 52.9 Å². The maximum Gasteiger partial charge on any atom is 0.407 e. The van der Waals surface area contributed by atoms with Crippen LogP contribution in [0.25, 0.3) is 0 Å². The molecule has 6 nitrogen and oxygen atoms in total. The Balaban J connectivity index is 1.46. The Hall–Kier alpha value is -1.82. The molecule has 0 spiro atoms. The molecule has 1 atom stereocenters. The number of likely N-dealkylation sites (tertiary alicyclic amines) is 1. The Morgan fingerprint density at radius 1 is 1.23 bits per heavy atom. The largest absolute Gasteiger partial charge is 0.618 e. The van der Waals surface area contributed by atoms with Gasteiger partial charge in [0.05, 0.1) is 0 Å². The van der Waals surface area contributed by atoms with E-state index in [1.165, 1.54) is 0 Å². The molecule has 1 aliphatic carbocycles. The highest BCUT2D eigenvalue weighted by atomic mass is 16.6. The second-order valence-corrected chi connectivity index (χ2v) is 8.58. The molecule has 2 fully saturated rings. The number of pyridine rings is 1. The summed E-state index contributed by atoms with van der Waals surface area (Å²) >= 11 is 0. The number of carbonyl (C=O) groups is 1. The lowest BCUT2D eigenvalue weighted by Gasteiger charge is -2.34. The molecule has 2 heterocycles. The highest BCUT2D eigenvalue weighted by Crippen LogP contribution is 2.34. The molecule has 1 aliphatic heterocycles. The first-order valence-corrected chi connectivity index (χ1v) is 9.73. The zero-order valence-electron chi connectivity index (χ0n) is 16.1. The van der Waals surface area contributed by atoms with Crippen LogP contribution in [0, 0.1) is 5.21 Å². The predicted octanol–water partition coefficient (Wildman–Crippen LogP) is 2.95. The van der Waals surface area contributed by atoms with Gasteiger partial charge in [-0.25, -0.2) is 4.79 Å². The van der Waals surface area contributed by atoms with Gasteiger partial charge in [0.1, 0.15) is 5.60 Å². The van der Waals surface area contributed by atoms with E-state index in [2.05, 4.69) is 10.2 Å². The van der Waals surface area contributed by atoms with Crippen molar-refractivity contribution in [3.63, 3.8) is 0 Å². The third-order valence-corrected chi connectivity index (χ3v) is 5.43. The van der Waals surface area contributed by atoms with Gasteiger partial charge < -0.3 is 15.3 Å². The highest BCUT2D eigenvalue weighted by Gasteiger charge is 2.34. The Morgan fingerprint density at radius 2 is 1.96 bits per heavy atom. The number of amides is 1. The van der Waals surface area contributed by atoms with Crippen LogP contribution in [0.4, 0.5) is 4.79 Å². The molecule has 0 bridgehead atoms. The molecular formula is C20H31N3O3. The second-order valence-electron chi connectivity index (χ2n) is 8.58. The molecule has 0 radical (unpaired) electrons. The first kappa shape index (κ1) is 19.0. The van der Waals surface area contributed by atoms with Crippen molar-refractivity contribution >= 4 is 6.09 Å². The summed E-state index contributed by atoms with van der Waals surface area (Å²) in [7, 11) is 0. The first-order valence-electron chi connectivity index (χ1n) is 9.73. The van der Waals surface area contributed by atoms with Crippen LogP contribution in [-0.4, -0.2) is 41.8 Å². The van der Waals surface area contributed by atoms with Crippen molar-refractivity contribution in [3.8, 4) is 0 Å². The van der Waals surface area contributed by atoms with E-state index >= 15 is 0 Å². The minimum atomic E-state index is -0.462. The first-order chi connectivity index (χ1) is 12.3. The van der Waals surface area contributed by atoms with Crippen LogP contribution in [0.1, 0.15) is 64.5 Å². The second kappa shape index (κ2) is 7.82. The molecule has 3 rings (SSSR count). The van der Waals surface area contributed by atoms with Crippen molar-refractivity contribution in [1.82, 2.24) is 10.2 Å². The highest BCUT2D eigenvalue weighted by molar-refractivity contribution is 5.68. The topological polar surface area (TPSA) is 68.5 Å². The van der Waals surface area contributed by atoms with Crippen LogP contribution in [0.2, 0.25) is 0 Å². The van der Waals surface area contributed by atoms with Crippen molar-refractivity contribution in [2.75, 3.05) is 13.1 Å². The Kier molecular flexibility index (Phi) is 5.70. The van der Waals surface area contributed by atoms with E-state index in [1.54, 1.807) is 12.3 Å². The number of ether oxygens (including phenoxy) is 1. The van der Waals surface area contributed by atoms with Gasteiger partial charge in [0.25, 0.3) is 0 Å². The lowest BCUT2D eigenvalue weighted by molar-refractivity contribution is -0.616. The van der Waals surface area contributed by atoms with E-state index in [-0.39, 0.29) is 12.1 Å². The number of carbonyl (C=O) groups excluding carboxylic acids is 1. The molecule has 144 valence electrons. The van der Waals surface area contributed by atoms with Crippen LogP contribution in [-0.2, 0) is 4.74 Å². The fraction of sp³-hybridized carbons (Fsp3) is 0.700. The normalized spacial score (nSPS) is 27.3. The zero-order valence-corrected chi connectivity index (χ0v) is 16.1. The van der Waals surface area contributed by atoms with Crippen LogP contribution in [0.3, 0.4) is 0 Å². The van der Waals surface area contributed by atoms with Crippen molar-refractivity contribution in [2.45, 2.75) is 76.5 Å². The van der Waals surface area contributed by atoms with Crippen molar-refractivity contribution < 1.29 is 14.3 Å². The standard InChI is InChI=1S/C20H31N3O3/c1-20(2,3)26-19(24)21-16-11-13-22(14-16)17-9-7-15(8-10-17)18-6-4-5-12-23(18)25/h4-6,12,15-17H,7-11,13-14H2,1-3H3,(H,21,24). The fourth-order valence-corrected chi connectivity index (χ4v) is 4.21. The molecule has 0 aromatic carbocycles. The molecule has 6 heteroatoms. The van der Waals surface area contributed by atoms with E-state index in [0.717, 1.165) is 55.6 Å². The Morgan fingerprint density at radius 3 is 2.62 bits per heavy atom. The number of aromatic nitrogens is 1. The van der Waals surface area contributed by atoms with E-state index in [9.17, 15) is 10.0 Å². The third kappa shape index (κ3) is 4.87. The molecule has 1 aromatic rings. The monoisotopic (exact) mass is 361 g/mol. The van der Waals surface area contributed by atoms with Gasteiger partial charge in [-0.2, -0.15) is 4.73 Å². The number of nitrogens with zero attached hydrogens (tertiary/aromatic N) is 2. The molecule has 1 N–H and O–H groups in total. The number of rotatable bonds is 3. The quantitative estimate of drug-likeness (QED) is 0.664. The van der Waals surface area contributed by atoms with Crippen LogP contribution in [0.15, 0.2) is 24.4 Å². The molecule has 2 aliphatic rings. The summed E-state index contributed by atoms with van der Waals surface area (Å²) in [4.78, 5) is 14.4. The summed E-state index contributed by atoms with van der Waals surface area (Å²) in [6, 6.07) is 6.41. The minimum Gasteiger partial charge on any atom is -0.618 e. The molecule has 1 amide bonds.